The van der Waals surface area contributed by atoms with Gasteiger partial charge in [-0.3, -0.25) is 15.1 Å². The first kappa shape index (κ1) is 16.5. The van der Waals surface area contributed by atoms with E-state index in [-0.39, 0.29) is 5.69 Å². The number of aromatic amines is 1. The van der Waals surface area contributed by atoms with Gasteiger partial charge in [0, 0.05) is 29.6 Å². The predicted molar refractivity (Wildman–Crippen MR) is 106 cm³/mol. The number of rotatable bonds is 4. The van der Waals surface area contributed by atoms with Gasteiger partial charge in [-0.2, -0.15) is 0 Å². The van der Waals surface area contributed by atoms with E-state index in [0.717, 1.165) is 28.1 Å². The Morgan fingerprint density at radius 3 is 2.67 bits per heavy atom. The average Bonchev–Trinajstić information content (AvgIpc) is 3.10. The molecule has 7 nitrogen and oxygen atoms in total. The molecule has 0 saturated carbocycles. The second-order valence-electron chi connectivity index (χ2n) is 6.02. The number of aromatic nitrogens is 2. The van der Waals surface area contributed by atoms with Crippen LogP contribution in [0.3, 0.4) is 0 Å². The average molecular weight is 357 g/mol. The van der Waals surface area contributed by atoms with Crippen molar-refractivity contribution in [1.29, 1.82) is 0 Å². The normalized spacial score (nSPS) is 11.3. The van der Waals surface area contributed by atoms with Crippen molar-refractivity contribution in [3.8, 4) is 11.4 Å². The van der Waals surface area contributed by atoms with Crippen LogP contribution in [0, 0.1) is 10.1 Å². The van der Waals surface area contributed by atoms with Crippen molar-refractivity contribution < 1.29 is 4.92 Å². The molecule has 0 bridgehead atoms. The van der Waals surface area contributed by atoms with E-state index in [0.29, 0.717) is 11.3 Å². The number of nitrogen functional groups attached to an aromatic ring is 1. The van der Waals surface area contributed by atoms with Crippen LogP contribution in [0.25, 0.3) is 22.4 Å². The number of fused-ring (bicyclic) bond motifs is 1. The maximum Gasteiger partial charge on any atom is 0.270 e. The third kappa shape index (κ3) is 3.52. The van der Waals surface area contributed by atoms with E-state index in [1.807, 2.05) is 42.5 Å². The van der Waals surface area contributed by atoms with Crippen LogP contribution < -0.4 is 5.73 Å². The second kappa shape index (κ2) is 6.72. The summed E-state index contributed by atoms with van der Waals surface area (Å²) >= 11 is 0. The molecular weight excluding hydrogens is 342 g/mol. The van der Waals surface area contributed by atoms with Gasteiger partial charge in [0.05, 0.1) is 21.6 Å². The molecule has 0 aliphatic rings. The summed E-state index contributed by atoms with van der Waals surface area (Å²) in [6, 6.07) is 19.5. The molecule has 4 aromatic rings. The van der Waals surface area contributed by atoms with E-state index in [2.05, 4.69) is 15.0 Å². The lowest BCUT2D eigenvalue weighted by atomic mass is 10.2. The first-order chi connectivity index (χ1) is 13.1. The molecule has 0 saturated heterocycles. The zero-order chi connectivity index (χ0) is 18.8. The summed E-state index contributed by atoms with van der Waals surface area (Å²) in [6.07, 6.45) is 1.60. The number of benzene rings is 3. The van der Waals surface area contributed by atoms with Gasteiger partial charge in [-0.1, -0.05) is 12.1 Å². The van der Waals surface area contributed by atoms with Crippen LogP contribution in [0.15, 0.2) is 71.7 Å². The molecule has 1 aromatic heterocycles. The number of aliphatic imine (C=N–C) groups is 1. The fourth-order valence-corrected chi connectivity index (χ4v) is 2.74. The van der Waals surface area contributed by atoms with Gasteiger partial charge < -0.3 is 10.7 Å². The van der Waals surface area contributed by atoms with Crippen molar-refractivity contribution in [1.82, 2.24) is 9.97 Å². The Hall–Kier alpha value is -4.00. The molecule has 27 heavy (non-hydrogen) atoms. The molecule has 0 spiro atoms. The molecular formula is C20H15N5O2. The van der Waals surface area contributed by atoms with Gasteiger partial charge in [-0.15, -0.1) is 0 Å². The van der Waals surface area contributed by atoms with Gasteiger partial charge in [0.1, 0.15) is 5.82 Å². The fraction of sp³-hybridized carbons (Fsp3) is 0. The van der Waals surface area contributed by atoms with Crippen molar-refractivity contribution in [3.05, 3.63) is 82.4 Å². The monoisotopic (exact) mass is 357 g/mol. The number of nitrogens with one attached hydrogen (secondary N) is 1. The summed E-state index contributed by atoms with van der Waals surface area (Å²) in [5.41, 5.74) is 10.6. The minimum Gasteiger partial charge on any atom is -0.399 e. The van der Waals surface area contributed by atoms with E-state index in [1.54, 1.807) is 18.3 Å². The predicted octanol–water partition coefficient (Wildman–Crippen LogP) is 4.47. The summed E-state index contributed by atoms with van der Waals surface area (Å²) in [5.74, 6) is 0.754. The van der Waals surface area contributed by atoms with Crippen molar-refractivity contribution >= 4 is 34.3 Å². The van der Waals surface area contributed by atoms with E-state index in [9.17, 15) is 10.1 Å². The highest BCUT2D eigenvalue weighted by atomic mass is 16.6. The van der Waals surface area contributed by atoms with Crippen molar-refractivity contribution in [2.75, 3.05) is 5.73 Å². The van der Waals surface area contributed by atoms with E-state index >= 15 is 0 Å². The van der Waals surface area contributed by atoms with Crippen molar-refractivity contribution in [2.45, 2.75) is 0 Å². The summed E-state index contributed by atoms with van der Waals surface area (Å²) in [4.78, 5) is 22.6. The Morgan fingerprint density at radius 2 is 1.89 bits per heavy atom. The van der Waals surface area contributed by atoms with Crippen LogP contribution in [-0.4, -0.2) is 21.1 Å². The van der Waals surface area contributed by atoms with Crippen molar-refractivity contribution in [2.24, 2.45) is 4.99 Å². The Bertz CT molecular complexity index is 1160. The molecule has 0 radical (unpaired) electrons. The lowest BCUT2D eigenvalue weighted by Crippen LogP contribution is -1.89. The van der Waals surface area contributed by atoms with Crippen LogP contribution in [0.5, 0.6) is 0 Å². The van der Waals surface area contributed by atoms with Crippen LogP contribution in [-0.2, 0) is 0 Å². The number of hydrogen-bond donors (Lipinski definition) is 2. The van der Waals surface area contributed by atoms with Gasteiger partial charge in [-0.05, 0) is 48.0 Å². The standard InChI is InChI=1S/C20H15N5O2/c21-15-6-9-18-19(11-15)24-20(23-18)14-4-7-16(8-5-14)22-12-13-2-1-3-17(10-13)25(26)27/h1-12H,21H2,(H,23,24). The maximum atomic E-state index is 10.8. The minimum absolute atomic E-state index is 0.0415. The molecule has 4 rings (SSSR count). The molecule has 3 aromatic carbocycles. The van der Waals surface area contributed by atoms with E-state index in [1.165, 1.54) is 12.1 Å². The Morgan fingerprint density at radius 1 is 1.07 bits per heavy atom. The number of nitrogens with two attached hydrogens (primary N) is 1. The van der Waals surface area contributed by atoms with Gasteiger partial charge in [-0.25, -0.2) is 4.98 Å². The van der Waals surface area contributed by atoms with Gasteiger partial charge >= 0.3 is 0 Å². The highest BCUT2D eigenvalue weighted by Crippen LogP contribution is 2.24. The minimum atomic E-state index is -0.424. The number of non-ortho nitro benzene ring substituents is 1. The number of hydrogen-bond acceptors (Lipinski definition) is 5. The molecule has 0 unspecified atom stereocenters. The molecule has 0 atom stereocenters. The third-order valence-corrected chi connectivity index (χ3v) is 4.09. The second-order valence-corrected chi connectivity index (χ2v) is 6.02. The summed E-state index contributed by atoms with van der Waals surface area (Å²) in [7, 11) is 0. The maximum absolute atomic E-state index is 10.8. The Kier molecular flexibility index (Phi) is 4.10. The van der Waals surface area contributed by atoms with Gasteiger partial charge in [0.15, 0.2) is 0 Å². The Balaban J connectivity index is 1.56. The lowest BCUT2D eigenvalue weighted by Gasteiger charge is -1.98. The topological polar surface area (TPSA) is 110 Å². The number of nitro groups is 1. The number of H-pyrrole nitrogens is 1. The largest absolute Gasteiger partial charge is 0.399 e. The van der Waals surface area contributed by atoms with Crippen LogP contribution in [0.2, 0.25) is 0 Å². The lowest BCUT2D eigenvalue weighted by molar-refractivity contribution is -0.384. The molecule has 0 fully saturated rings. The van der Waals surface area contributed by atoms with E-state index < -0.39 is 4.92 Å². The first-order valence-electron chi connectivity index (χ1n) is 8.23. The molecule has 0 aliphatic carbocycles. The number of nitrogens with zero attached hydrogens (tertiary/aromatic N) is 3. The van der Waals surface area contributed by atoms with Crippen LogP contribution in [0.1, 0.15) is 5.56 Å². The number of anilines is 1. The number of imidazole rings is 1. The SMILES string of the molecule is Nc1ccc2nc(-c3ccc(N=Cc4cccc([N+](=O)[O-])c4)cc3)[nH]c2c1. The summed E-state index contributed by atoms with van der Waals surface area (Å²) in [5, 5.41) is 10.8. The molecule has 1 heterocycles. The molecule has 132 valence electrons. The Labute approximate surface area is 154 Å². The van der Waals surface area contributed by atoms with Crippen LogP contribution in [0.4, 0.5) is 17.1 Å². The highest BCUT2D eigenvalue weighted by Gasteiger charge is 2.06. The molecule has 3 N–H and O–H groups in total. The molecule has 7 heteroatoms. The zero-order valence-electron chi connectivity index (χ0n) is 14.2. The molecule has 0 aliphatic heterocycles. The fourth-order valence-electron chi connectivity index (χ4n) is 2.74. The summed E-state index contributed by atoms with van der Waals surface area (Å²) < 4.78 is 0. The van der Waals surface area contributed by atoms with Gasteiger partial charge in [0.25, 0.3) is 5.69 Å². The smallest absolute Gasteiger partial charge is 0.270 e. The summed E-state index contributed by atoms with van der Waals surface area (Å²) in [6.45, 7) is 0. The first-order valence-corrected chi connectivity index (χ1v) is 8.23. The molecule has 0 amide bonds. The highest BCUT2D eigenvalue weighted by molar-refractivity contribution is 5.84. The zero-order valence-corrected chi connectivity index (χ0v) is 14.2. The third-order valence-electron chi connectivity index (χ3n) is 4.09. The van der Waals surface area contributed by atoms with Crippen LogP contribution >= 0.6 is 0 Å². The van der Waals surface area contributed by atoms with E-state index in [4.69, 9.17) is 5.73 Å². The van der Waals surface area contributed by atoms with Gasteiger partial charge in [0.2, 0.25) is 0 Å². The quantitative estimate of drug-likeness (QED) is 0.243. The number of nitro benzene ring substituents is 1. The van der Waals surface area contributed by atoms with Crippen molar-refractivity contribution in [3.63, 3.8) is 0 Å².